The molecule has 2 fully saturated rings. The summed E-state index contributed by atoms with van der Waals surface area (Å²) in [6.07, 6.45) is 8.98. The van der Waals surface area contributed by atoms with Gasteiger partial charge < -0.3 is 4.74 Å². The third-order valence-electron chi connectivity index (χ3n) is 8.75. The van der Waals surface area contributed by atoms with E-state index in [1.54, 1.807) is 24.3 Å². The van der Waals surface area contributed by atoms with Crippen molar-refractivity contribution in [2.45, 2.75) is 63.9 Å². The average Bonchev–Trinajstić information content (AvgIpc) is 3.02. The van der Waals surface area contributed by atoms with Crippen LogP contribution in [0.3, 0.4) is 0 Å². The van der Waals surface area contributed by atoms with E-state index in [0.717, 1.165) is 62.3 Å². The van der Waals surface area contributed by atoms with Crippen LogP contribution < -0.4 is 0 Å². The van der Waals surface area contributed by atoms with Crippen molar-refractivity contribution in [3.05, 3.63) is 113 Å². The van der Waals surface area contributed by atoms with E-state index >= 15 is 0 Å². The van der Waals surface area contributed by atoms with Gasteiger partial charge in [-0.05, 0) is 104 Å². The number of halogens is 6. The summed E-state index contributed by atoms with van der Waals surface area (Å²) in [5.41, 5.74) is 1.98. The Hall–Kier alpha value is -3.32. The van der Waals surface area contributed by atoms with Gasteiger partial charge in [-0.3, -0.25) is 0 Å². The molecule has 1 heterocycles. The van der Waals surface area contributed by atoms with E-state index < -0.39 is 34.9 Å². The van der Waals surface area contributed by atoms with E-state index in [1.807, 2.05) is 19.1 Å². The minimum Gasteiger partial charge on any atom is -0.373 e. The Balaban J connectivity index is 1.14. The minimum absolute atomic E-state index is 0.00507. The number of rotatable bonds is 7. The molecule has 0 spiro atoms. The summed E-state index contributed by atoms with van der Waals surface area (Å²) < 4.78 is 90.0. The van der Waals surface area contributed by atoms with Gasteiger partial charge in [0.25, 0.3) is 0 Å². The summed E-state index contributed by atoms with van der Waals surface area (Å²) in [5, 5.41) is 0. The first-order valence-electron chi connectivity index (χ1n) is 14.6. The molecule has 2 aliphatic rings. The molecule has 1 aliphatic heterocycles. The Morgan fingerprint density at radius 2 is 1.40 bits per heavy atom. The highest BCUT2D eigenvalue weighted by Crippen LogP contribution is 2.43. The highest BCUT2D eigenvalue weighted by Gasteiger charge is 2.32. The van der Waals surface area contributed by atoms with Gasteiger partial charge in [0.1, 0.15) is 5.82 Å². The van der Waals surface area contributed by atoms with Crippen LogP contribution in [-0.4, -0.2) is 6.61 Å². The van der Waals surface area contributed by atoms with Crippen molar-refractivity contribution in [1.82, 2.24) is 0 Å². The summed E-state index contributed by atoms with van der Waals surface area (Å²) in [5.74, 6) is -5.33. The first kappa shape index (κ1) is 30.1. The van der Waals surface area contributed by atoms with Crippen molar-refractivity contribution in [1.29, 1.82) is 0 Å². The highest BCUT2D eigenvalue weighted by atomic mass is 19.2. The average molecular weight is 585 g/mol. The van der Waals surface area contributed by atoms with Crippen LogP contribution in [0.5, 0.6) is 0 Å². The standard InChI is InChI=1S/C35H34F6O/c1-2-3-4-29(36)34(40)24-11-9-22(10-12-24)21-5-7-23(8-6-21)26-14-16-33(42-20-26)25-13-15-28(30(37)17-25)27-18-31(38)35(41)32(39)19-27/h3-4,9-13,15,17-19,21,23,26,33H,2,5-8,14,16,20H2,1H3/b4-3+,34-29+. The predicted octanol–water partition coefficient (Wildman–Crippen LogP) is 10.9. The quantitative estimate of drug-likeness (QED) is 0.153. The van der Waals surface area contributed by atoms with Gasteiger partial charge in [0.05, 0.1) is 12.7 Å². The fourth-order valence-corrected chi connectivity index (χ4v) is 6.34. The predicted molar refractivity (Wildman–Crippen MR) is 153 cm³/mol. The van der Waals surface area contributed by atoms with Crippen LogP contribution in [0.4, 0.5) is 26.3 Å². The van der Waals surface area contributed by atoms with Crippen LogP contribution >= 0.6 is 0 Å². The molecule has 222 valence electrons. The molecule has 1 aliphatic carbocycles. The molecule has 2 unspecified atom stereocenters. The van der Waals surface area contributed by atoms with Gasteiger partial charge in [0.2, 0.25) is 0 Å². The second kappa shape index (κ2) is 13.3. The van der Waals surface area contributed by atoms with Crippen LogP contribution in [-0.2, 0) is 4.74 Å². The van der Waals surface area contributed by atoms with Gasteiger partial charge in [0, 0.05) is 11.1 Å². The van der Waals surface area contributed by atoms with Crippen molar-refractivity contribution in [3.8, 4) is 11.1 Å². The molecule has 0 radical (unpaired) electrons. The molecule has 0 aromatic heterocycles. The van der Waals surface area contributed by atoms with Crippen LogP contribution in [0.1, 0.15) is 80.6 Å². The lowest BCUT2D eigenvalue weighted by Gasteiger charge is -2.38. The van der Waals surface area contributed by atoms with E-state index in [1.165, 1.54) is 12.1 Å². The lowest BCUT2D eigenvalue weighted by atomic mass is 9.72. The van der Waals surface area contributed by atoms with Gasteiger partial charge in [-0.1, -0.05) is 49.4 Å². The lowest BCUT2D eigenvalue weighted by molar-refractivity contribution is -0.0391. The molecular formula is C35H34F6O. The smallest absolute Gasteiger partial charge is 0.194 e. The second-order valence-corrected chi connectivity index (χ2v) is 11.4. The molecule has 5 rings (SSSR count). The van der Waals surface area contributed by atoms with Crippen molar-refractivity contribution in [2.24, 2.45) is 11.8 Å². The fraction of sp³-hybridized carbons (Fsp3) is 0.371. The summed E-state index contributed by atoms with van der Waals surface area (Å²) >= 11 is 0. The van der Waals surface area contributed by atoms with Gasteiger partial charge in [-0.2, -0.15) is 0 Å². The van der Waals surface area contributed by atoms with Crippen molar-refractivity contribution < 1.29 is 31.1 Å². The van der Waals surface area contributed by atoms with Gasteiger partial charge >= 0.3 is 0 Å². The summed E-state index contributed by atoms with van der Waals surface area (Å²) in [6.45, 7) is 2.44. The molecule has 1 saturated heterocycles. The van der Waals surface area contributed by atoms with Crippen LogP contribution in [0.15, 0.2) is 72.6 Å². The van der Waals surface area contributed by atoms with Crippen molar-refractivity contribution in [2.75, 3.05) is 6.61 Å². The second-order valence-electron chi connectivity index (χ2n) is 11.4. The molecule has 0 N–H and O–H groups in total. The Morgan fingerprint density at radius 1 is 0.762 bits per heavy atom. The first-order valence-corrected chi connectivity index (χ1v) is 14.6. The molecule has 3 aromatic rings. The van der Waals surface area contributed by atoms with Crippen LogP contribution in [0.25, 0.3) is 17.0 Å². The van der Waals surface area contributed by atoms with E-state index in [9.17, 15) is 26.3 Å². The SMILES string of the molecule is CC/C=C/C(F)=C(\F)c1ccc(C2CCC(C3CCC(c4ccc(-c5cc(F)c(F)c(F)c5)c(F)c4)OC3)CC2)cc1. The zero-order valence-corrected chi connectivity index (χ0v) is 23.5. The zero-order valence-electron chi connectivity index (χ0n) is 23.5. The third kappa shape index (κ3) is 6.67. The van der Waals surface area contributed by atoms with Crippen LogP contribution in [0, 0.1) is 35.1 Å². The molecular weight excluding hydrogens is 550 g/mol. The van der Waals surface area contributed by atoms with Gasteiger partial charge in [0.15, 0.2) is 29.1 Å². The number of ether oxygens (including phenoxy) is 1. The van der Waals surface area contributed by atoms with Gasteiger partial charge in [-0.15, -0.1) is 0 Å². The van der Waals surface area contributed by atoms with Gasteiger partial charge in [-0.25, -0.2) is 26.3 Å². The lowest BCUT2D eigenvalue weighted by Crippen LogP contribution is -2.29. The summed E-state index contributed by atoms with van der Waals surface area (Å²) in [4.78, 5) is 0. The molecule has 7 heteroatoms. The Bertz CT molecular complexity index is 1420. The Labute approximate surface area is 242 Å². The third-order valence-corrected chi connectivity index (χ3v) is 8.75. The normalized spacial score (nSPS) is 23.7. The van der Waals surface area contributed by atoms with E-state index in [0.29, 0.717) is 36.3 Å². The zero-order chi connectivity index (χ0) is 29.8. The topological polar surface area (TPSA) is 9.23 Å². The maximum absolute atomic E-state index is 14.9. The number of allylic oxidation sites excluding steroid dienone is 3. The minimum atomic E-state index is -1.58. The van der Waals surface area contributed by atoms with Crippen molar-refractivity contribution in [3.63, 3.8) is 0 Å². The maximum atomic E-state index is 14.9. The maximum Gasteiger partial charge on any atom is 0.194 e. The van der Waals surface area contributed by atoms with Crippen LogP contribution in [0.2, 0.25) is 0 Å². The van der Waals surface area contributed by atoms with Crippen molar-refractivity contribution >= 4 is 5.83 Å². The molecule has 42 heavy (non-hydrogen) atoms. The molecule has 1 nitrogen and oxygen atoms in total. The molecule has 0 amide bonds. The molecule has 0 bridgehead atoms. The number of benzene rings is 3. The van der Waals surface area contributed by atoms with E-state index in [2.05, 4.69) is 0 Å². The number of hydrogen-bond donors (Lipinski definition) is 0. The fourth-order valence-electron chi connectivity index (χ4n) is 6.34. The first-order chi connectivity index (χ1) is 20.2. The molecule has 1 saturated carbocycles. The summed E-state index contributed by atoms with van der Waals surface area (Å²) in [7, 11) is 0. The highest BCUT2D eigenvalue weighted by molar-refractivity contribution is 5.65. The Morgan fingerprint density at radius 3 is 2.00 bits per heavy atom. The molecule has 3 aromatic carbocycles. The Kier molecular flexibility index (Phi) is 9.57. The van der Waals surface area contributed by atoms with E-state index in [4.69, 9.17) is 4.74 Å². The summed E-state index contributed by atoms with van der Waals surface area (Å²) in [6, 6.07) is 13.1. The monoisotopic (exact) mass is 584 g/mol. The van der Waals surface area contributed by atoms with E-state index in [-0.39, 0.29) is 22.8 Å². The largest absolute Gasteiger partial charge is 0.373 e. The number of hydrogen-bond acceptors (Lipinski definition) is 1. The molecule has 2 atom stereocenters.